The van der Waals surface area contributed by atoms with Crippen molar-refractivity contribution in [3.05, 3.63) is 0 Å². The Labute approximate surface area is 182 Å². The number of hydrogen-bond acceptors (Lipinski definition) is 2. The maximum atomic E-state index is 12.5. The Bertz CT molecular complexity index is 310. The van der Waals surface area contributed by atoms with Gasteiger partial charge in [0, 0.05) is 5.33 Å². The average Bonchev–Trinajstić information content (AvgIpc) is 2.70. The van der Waals surface area contributed by atoms with Crippen LogP contribution in [0.1, 0.15) is 122 Å². The topological polar surface area (TPSA) is 26.3 Å². The SMILES string of the molecule is CCCCCCCCC(CCCCCCCF)C(=O)OCCCCCCCBr. The molecule has 1 atom stereocenters. The highest BCUT2D eigenvalue weighted by atomic mass is 79.9. The van der Waals surface area contributed by atoms with Gasteiger partial charge in [0.2, 0.25) is 0 Å². The van der Waals surface area contributed by atoms with Crippen molar-refractivity contribution in [2.75, 3.05) is 18.6 Å². The molecule has 28 heavy (non-hydrogen) atoms. The maximum absolute atomic E-state index is 12.5. The van der Waals surface area contributed by atoms with Gasteiger partial charge in [0.1, 0.15) is 0 Å². The van der Waals surface area contributed by atoms with Crippen LogP contribution in [0.5, 0.6) is 0 Å². The number of alkyl halides is 2. The van der Waals surface area contributed by atoms with Gasteiger partial charge in [-0.3, -0.25) is 9.18 Å². The van der Waals surface area contributed by atoms with E-state index in [-0.39, 0.29) is 18.6 Å². The van der Waals surface area contributed by atoms with Gasteiger partial charge in [-0.1, -0.05) is 106 Å². The number of unbranched alkanes of at least 4 members (excludes halogenated alkanes) is 13. The van der Waals surface area contributed by atoms with Crippen molar-refractivity contribution in [1.29, 1.82) is 0 Å². The van der Waals surface area contributed by atoms with E-state index in [0.717, 1.165) is 63.1 Å². The molecule has 0 heterocycles. The number of carbonyl (C=O) groups is 1. The van der Waals surface area contributed by atoms with Crippen molar-refractivity contribution in [3.8, 4) is 0 Å². The molecule has 0 aliphatic carbocycles. The van der Waals surface area contributed by atoms with E-state index in [9.17, 15) is 9.18 Å². The molecule has 0 aliphatic heterocycles. The van der Waals surface area contributed by atoms with Crippen LogP contribution in [0.4, 0.5) is 4.39 Å². The van der Waals surface area contributed by atoms with Gasteiger partial charge in [-0.05, 0) is 32.1 Å². The maximum Gasteiger partial charge on any atom is 0.308 e. The highest BCUT2D eigenvalue weighted by Gasteiger charge is 2.19. The summed E-state index contributed by atoms with van der Waals surface area (Å²) in [5, 5.41) is 1.08. The number of ether oxygens (including phenoxy) is 1. The third kappa shape index (κ3) is 19.2. The highest BCUT2D eigenvalue weighted by Crippen LogP contribution is 2.21. The quantitative estimate of drug-likeness (QED) is 0.0909. The molecule has 1 unspecified atom stereocenters. The predicted molar refractivity (Wildman–Crippen MR) is 123 cm³/mol. The molecule has 0 aromatic heterocycles. The van der Waals surface area contributed by atoms with Crippen LogP contribution in [0.15, 0.2) is 0 Å². The Morgan fingerprint density at radius 3 is 1.82 bits per heavy atom. The molecule has 0 N–H and O–H groups in total. The molecular formula is C24H46BrFO2. The summed E-state index contributed by atoms with van der Waals surface area (Å²) in [6.45, 7) is 2.61. The number of esters is 1. The third-order valence-electron chi connectivity index (χ3n) is 5.45. The molecule has 0 spiro atoms. The third-order valence-corrected chi connectivity index (χ3v) is 6.01. The Kier molecular flexibility index (Phi) is 23.1. The second kappa shape index (κ2) is 23.2. The van der Waals surface area contributed by atoms with Crippen LogP contribution in [0.2, 0.25) is 0 Å². The number of rotatable bonds is 22. The van der Waals surface area contributed by atoms with E-state index in [1.807, 2.05) is 0 Å². The fraction of sp³-hybridized carbons (Fsp3) is 0.958. The van der Waals surface area contributed by atoms with Crippen molar-refractivity contribution in [2.45, 2.75) is 122 Å². The van der Waals surface area contributed by atoms with Gasteiger partial charge in [-0.25, -0.2) is 0 Å². The molecule has 0 aromatic rings. The van der Waals surface area contributed by atoms with E-state index in [0.29, 0.717) is 13.0 Å². The van der Waals surface area contributed by atoms with E-state index in [2.05, 4.69) is 22.9 Å². The van der Waals surface area contributed by atoms with Gasteiger partial charge >= 0.3 is 5.97 Å². The largest absolute Gasteiger partial charge is 0.465 e. The Morgan fingerprint density at radius 1 is 0.750 bits per heavy atom. The second-order valence-electron chi connectivity index (χ2n) is 8.12. The van der Waals surface area contributed by atoms with Gasteiger partial charge in [0.25, 0.3) is 0 Å². The lowest BCUT2D eigenvalue weighted by atomic mass is 9.94. The van der Waals surface area contributed by atoms with Crippen LogP contribution in [-0.2, 0) is 9.53 Å². The van der Waals surface area contributed by atoms with E-state index in [4.69, 9.17) is 4.74 Å². The normalized spacial score (nSPS) is 12.2. The molecule has 0 bridgehead atoms. The monoisotopic (exact) mass is 464 g/mol. The molecule has 0 aliphatic rings. The molecule has 0 radical (unpaired) electrons. The summed E-state index contributed by atoms with van der Waals surface area (Å²) in [6.07, 6.45) is 20.2. The van der Waals surface area contributed by atoms with Gasteiger partial charge in [0.05, 0.1) is 19.2 Å². The zero-order chi connectivity index (χ0) is 20.7. The van der Waals surface area contributed by atoms with Crippen molar-refractivity contribution < 1.29 is 13.9 Å². The molecule has 168 valence electrons. The first-order chi connectivity index (χ1) is 13.8. The lowest BCUT2D eigenvalue weighted by molar-refractivity contribution is -0.149. The Morgan fingerprint density at radius 2 is 1.25 bits per heavy atom. The van der Waals surface area contributed by atoms with Gasteiger partial charge in [-0.2, -0.15) is 0 Å². The Balaban J connectivity index is 4.01. The van der Waals surface area contributed by atoms with Crippen LogP contribution >= 0.6 is 15.9 Å². The standard InChI is InChI=1S/C24H46BrFO2/c1-2-3-4-5-8-13-18-23(19-14-9-6-11-16-21-26)24(27)28-22-17-12-7-10-15-20-25/h23H,2-22H2,1H3. The van der Waals surface area contributed by atoms with Gasteiger partial charge in [-0.15, -0.1) is 0 Å². The fourth-order valence-electron chi connectivity index (χ4n) is 3.58. The summed E-state index contributed by atoms with van der Waals surface area (Å²) < 4.78 is 17.8. The number of carbonyl (C=O) groups excluding carboxylic acids is 1. The summed E-state index contributed by atoms with van der Waals surface area (Å²) >= 11 is 3.46. The summed E-state index contributed by atoms with van der Waals surface area (Å²) in [6, 6.07) is 0. The molecule has 0 amide bonds. The van der Waals surface area contributed by atoms with Crippen molar-refractivity contribution in [2.24, 2.45) is 5.92 Å². The van der Waals surface area contributed by atoms with Gasteiger partial charge < -0.3 is 4.74 Å². The van der Waals surface area contributed by atoms with Crippen LogP contribution in [0.3, 0.4) is 0 Å². The smallest absolute Gasteiger partial charge is 0.308 e. The van der Waals surface area contributed by atoms with Crippen molar-refractivity contribution in [3.63, 3.8) is 0 Å². The summed E-state index contributed by atoms with van der Waals surface area (Å²) in [7, 11) is 0. The summed E-state index contributed by atoms with van der Waals surface area (Å²) in [4.78, 5) is 12.5. The van der Waals surface area contributed by atoms with E-state index < -0.39 is 0 Å². The predicted octanol–water partition coefficient (Wildman–Crippen LogP) is 8.55. The Hall–Kier alpha value is -0.120. The van der Waals surface area contributed by atoms with E-state index >= 15 is 0 Å². The van der Waals surface area contributed by atoms with Gasteiger partial charge in [0.15, 0.2) is 0 Å². The van der Waals surface area contributed by atoms with E-state index in [1.165, 1.54) is 51.4 Å². The van der Waals surface area contributed by atoms with Crippen LogP contribution in [0.25, 0.3) is 0 Å². The minimum absolute atomic E-state index is 0.0257. The van der Waals surface area contributed by atoms with Crippen molar-refractivity contribution in [1.82, 2.24) is 0 Å². The fourth-order valence-corrected chi connectivity index (χ4v) is 3.98. The van der Waals surface area contributed by atoms with Crippen LogP contribution < -0.4 is 0 Å². The van der Waals surface area contributed by atoms with Crippen LogP contribution in [0, 0.1) is 5.92 Å². The molecule has 4 heteroatoms. The second-order valence-corrected chi connectivity index (χ2v) is 8.92. The molecule has 0 saturated heterocycles. The molecule has 0 fully saturated rings. The van der Waals surface area contributed by atoms with E-state index in [1.54, 1.807) is 0 Å². The number of hydrogen-bond donors (Lipinski definition) is 0. The minimum Gasteiger partial charge on any atom is -0.465 e. The molecule has 0 rings (SSSR count). The zero-order valence-electron chi connectivity index (χ0n) is 18.5. The van der Waals surface area contributed by atoms with Crippen LogP contribution in [-0.4, -0.2) is 24.6 Å². The number of halogens is 2. The first kappa shape index (κ1) is 27.9. The van der Waals surface area contributed by atoms with Crippen molar-refractivity contribution >= 4 is 21.9 Å². The first-order valence-electron chi connectivity index (χ1n) is 12.0. The molecule has 0 aromatic carbocycles. The average molecular weight is 466 g/mol. The highest BCUT2D eigenvalue weighted by molar-refractivity contribution is 9.09. The lowest BCUT2D eigenvalue weighted by Gasteiger charge is -2.16. The zero-order valence-corrected chi connectivity index (χ0v) is 20.1. The molecule has 0 saturated carbocycles. The summed E-state index contributed by atoms with van der Waals surface area (Å²) in [5.41, 5.74) is 0. The molecular weight excluding hydrogens is 419 g/mol. The first-order valence-corrected chi connectivity index (χ1v) is 13.2. The molecule has 2 nitrogen and oxygen atoms in total. The minimum atomic E-state index is -0.205. The summed E-state index contributed by atoms with van der Waals surface area (Å²) in [5.74, 6) is 0.0959. The lowest BCUT2D eigenvalue weighted by Crippen LogP contribution is -2.18.